The second kappa shape index (κ2) is 21.9. The van der Waals surface area contributed by atoms with E-state index in [0.29, 0.717) is 13.0 Å². The highest BCUT2D eigenvalue weighted by molar-refractivity contribution is 5.75. The van der Waals surface area contributed by atoms with E-state index < -0.39 is 0 Å². The van der Waals surface area contributed by atoms with Gasteiger partial charge in [0.25, 0.3) is 0 Å². The molecule has 0 saturated heterocycles. The Balaban J connectivity index is 3.55. The number of nitrogens with one attached hydrogen (secondary N) is 1. The van der Waals surface area contributed by atoms with Crippen molar-refractivity contribution < 1.29 is 9.90 Å². The maximum Gasteiger partial charge on any atom is 0.220 e. The van der Waals surface area contributed by atoms with E-state index in [4.69, 9.17) is 5.11 Å². The highest BCUT2D eigenvalue weighted by atomic mass is 16.3. The number of amides is 1. The lowest BCUT2D eigenvalue weighted by Gasteiger charge is -1.99. The van der Waals surface area contributed by atoms with Gasteiger partial charge in [0.1, 0.15) is 0 Å². The number of allylic oxidation sites excluding steroid dienone is 12. The molecule has 0 spiro atoms. The molecule has 0 aliphatic heterocycles. The second-order valence-electron chi connectivity index (χ2n) is 6.07. The van der Waals surface area contributed by atoms with E-state index in [1.165, 1.54) is 0 Å². The minimum Gasteiger partial charge on any atom is -0.395 e. The van der Waals surface area contributed by atoms with E-state index in [0.717, 1.165) is 44.9 Å². The quantitative estimate of drug-likeness (QED) is 0.212. The summed E-state index contributed by atoms with van der Waals surface area (Å²) in [5.41, 5.74) is 0. The van der Waals surface area contributed by atoms with Crippen LogP contribution in [0.1, 0.15) is 58.3 Å². The van der Waals surface area contributed by atoms with Gasteiger partial charge in [-0.15, -0.1) is 0 Å². The molecule has 3 nitrogen and oxygen atoms in total. The van der Waals surface area contributed by atoms with Crippen LogP contribution in [0, 0.1) is 0 Å². The fourth-order valence-electron chi connectivity index (χ4n) is 2.15. The average Bonchev–Trinajstić information content (AvgIpc) is 2.68. The van der Waals surface area contributed by atoms with Crippen LogP contribution in [0.25, 0.3) is 0 Å². The zero-order valence-corrected chi connectivity index (χ0v) is 16.9. The first-order valence-corrected chi connectivity index (χ1v) is 10.1. The minimum absolute atomic E-state index is 0.00784. The van der Waals surface area contributed by atoms with Crippen LogP contribution in [0.2, 0.25) is 0 Å². The molecule has 0 aliphatic rings. The van der Waals surface area contributed by atoms with Gasteiger partial charge in [0.05, 0.1) is 6.61 Å². The topological polar surface area (TPSA) is 49.3 Å². The molecule has 0 aromatic heterocycles. The molecule has 1 amide bonds. The lowest BCUT2D eigenvalue weighted by atomic mass is 10.2. The maximum absolute atomic E-state index is 11.3. The highest BCUT2D eigenvalue weighted by Crippen LogP contribution is 1.98. The average molecular weight is 372 g/mol. The summed E-state index contributed by atoms with van der Waals surface area (Å²) in [6.07, 6.45) is 33.2. The largest absolute Gasteiger partial charge is 0.395 e. The summed E-state index contributed by atoms with van der Waals surface area (Å²) in [7, 11) is 0. The second-order valence-corrected chi connectivity index (χ2v) is 6.07. The molecular weight excluding hydrogens is 334 g/mol. The SMILES string of the molecule is CC/C=C\CC/C=C/C=C\C=C\CC/C=C\C/C=C\CCC(=O)NCCO. The molecule has 0 heterocycles. The smallest absolute Gasteiger partial charge is 0.220 e. The Labute approximate surface area is 166 Å². The van der Waals surface area contributed by atoms with Gasteiger partial charge in [0.2, 0.25) is 5.91 Å². The first kappa shape index (κ1) is 24.9. The van der Waals surface area contributed by atoms with Gasteiger partial charge in [-0.3, -0.25) is 4.79 Å². The summed E-state index contributed by atoms with van der Waals surface area (Å²) in [5, 5.41) is 11.2. The predicted octanol–water partition coefficient (Wildman–Crippen LogP) is 5.57. The molecule has 3 heteroatoms. The molecule has 27 heavy (non-hydrogen) atoms. The van der Waals surface area contributed by atoms with Gasteiger partial charge in [0, 0.05) is 13.0 Å². The lowest BCUT2D eigenvalue weighted by Crippen LogP contribution is -2.25. The highest BCUT2D eigenvalue weighted by Gasteiger charge is 1.96. The van der Waals surface area contributed by atoms with Gasteiger partial charge < -0.3 is 10.4 Å². The Morgan fingerprint density at radius 1 is 0.741 bits per heavy atom. The molecule has 0 aromatic rings. The normalized spacial score (nSPS) is 12.8. The lowest BCUT2D eigenvalue weighted by molar-refractivity contribution is -0.121. The van der Waals surface area contributed by atoms with Gasteiger partial charge in [-0.1, -0.05) is 79.8 Å². The maximum atomic E-state index is 11.3. The molecule has 2 N–H and O–H groups in total. The first-order chi connectivity index (χ1) is 13.3. The molecule has 0 bridgehead atoms. The third-order valence-electron chi connectivity index (χ3n) is 3.59. The number of unbranched alkanes of at least 4 members (excludes halogenated alkanes) is 2. The number of carbonyl (C=O) groups is 1. The van der Waals surface area contributed by atoms with Crippen LogP contribution < -0.4 is 5.32 Å². The van der Waals surface area contributed by atoms with Crippen LogP contribution in [0.5, 0.6) is 0 Å². The Kier molecular flexibility index (Phi) is 20.2. The third kappa shape index (κ3) is 21.8. The van der Waals surface area contributed by atoms with Crippen molar-refractivity contribution in [3.05, 3.63) is 72.9 Å². The van der Waals surface area contributed by atoms with Crippen LogP contribution in [-0.2, 0) is 4.79 Å². The van der Waals surface area contributed by atoms with Gasteiger partial charge in [-0.2, -0.15) is 0 Å². The van der Waals surface area contributed by atoms with Crippen LogP contribution in [0.15, 0.2) is 72.9 Å². The van der Waals surface area contributed by atoms with E-state index in [1.54, 1.807) is 0 Å². The van der Waals surface area contributed by atoms with E-state index >= 15 is 0 Å². The third-order valence-corrected chi connectivity index (χ3v) is 3.59. The molecule has 0 atom stereocenters. The van der Waals surface area contributed by atoms with Crippen molar-refractivity contribution in [3.8, 4) is 0 Å². The summed E-state index contributed by atoms with van der Waals surface area (Å²) in [6, 6.07) is 0. The number of hydrogen-bond acceptors (Lipinski definition) is 2. The number of hydrogen-bond donors (Lipinski definition) is 2. The van der Waals surface area contributed by atoms with E-state index in [9.17, 15) is 4.79 Å². The predicted molar refractivity (Wildman–Crippen MR) is 118 cm³/mol. The number of aliphatic hydroxyl groups is 1. The van der Waals surface area contributed by atoms with E-state index in [1.807, 2.05) is 6.08 Å². The summed E-state index contributed by atoms with van der Waals surface area (Å²) in [4.78, 5) is 11.3. The summed E-state index contributed by atoms with van der Waals surface area (Å²) < 4.78 is 0. The zero-order valence-electron chi connectivity index (χ0n) is 16.9. The number of rotatable bonds is 16. The molecule has 0 fully saturated rings. The van der Waals surface area contributed by atoms with Crippen LogP contribution in [0.4, 0.5) is 0 Å². The molecule has 0 aromatic carbocycles. The Bertz CT molecular complexity index is 510. The Morgan fingerprint density at radius 3 is 1.89 bits per heavy atom. The van der Waals surface area contributed by atoms with Crippen molar-refractivity contribution in [1.29, 1.82) is 0 Å². The number of aliphatic hydroxyl groups excluding tert-OH is 1. The molecule has 0 unspecified atom stereocenters. The minimum atomic E-state index is -0.00954. The fraction of sp³-hybridized carbons (Fsp3) is 0.458. The summed E-state index contributed by atoms with van der Waals surface area (Å²) in [5.74, 6) is -0.00954. The van der Waals surface area contributed by atoms with Gasteiger partial charge in [0.15, 0.2) is 0 Å². The summed E-state index contributed by atoms with van der Waals surface area (Å²) in [6.45, 7) is 2.48. The Morgan fingerprint density at radius 2 is 1.30 bits per heavy atom. The van der Waals surface area contributed by atoms with Crippen LogP contribution in [-0.4, -0.2) is 24.2 Å². The van der Waals surface area contributed by atoms with Crippen molar-refractivity contribution in [3.63, 3.8) is 0 Å². The van der Waals surface area contributed by atoms with Crippen molar-refractivity contribution >= 4 is 5.91 Å². The molecule has 0 radical (unpaired) electrons. The van der Waals surface area contributed by atoms with E-state index in [2.05, 4.69) is 79.1 Å². The molecule has 150 valence electrons. The first-order valence-electron chi connectivity index (χ1n) is 10.1. The molecule has 0 saturated carbocycles. The van der Waals surface area contributed by atoms with Crippen LogP contribution >= 0.6 is 0 Å². The number of carbonyl (C=O) groups excluding carboxylic acids is 1. The summed E-state index contributed by atoms with van der Waals surface area (Å²) >= 11 is 0. The monoisotopic (exact) mass is 371 g/mol. The van der Waals surface area contributed by atoms with Crippen molar-refractivity contribution in [2.45, 2.75) is 58.3 Å². The molecule has 0 rings (SSSR count). The standard InChI is InChI=1S/C24H37NO2/c1-2-3-4-5-6-7-8-9-10-11-12-13-14-15-16-17-18-19-20-21-24(27)25-22-23-26/h3-4,7-12,15-16,18-19,26H,2,5-6,13-14,17,20-23H2,1H3,(H,25,27)/b4-3-,8-7+,10-9-,12-11+,16-15-,19-18-. The van der Waals surface area contributed by atoms with Crippen molar-refractivity contribution in [2.24, 2.45) is 0 Å². The van der Waals surface area contributed by atoms with Crippen molar-refractivity contribution in [1.82, 2.24) is 5.32 Å². The van der Waals surface area contributed by atoms with E-state index in [-0.39, 0.29) is 12.5 Å². The Hall–Kier alpha value is -2.13. The van der Waals surface area contributed by atoms with Crippen LogP contribution in [0.3, 0.4) is 0 Å². The van der Waals surface area contributed by atoms with Gasteiger partial charge in [-0.05, 0) is 44.9 Å². The zero-order chi connectivity index (χ0) is 19.8. The van der Waals surface area contributed by atoms with Crippen molar-refractivity contribution in [2.75, 3.05) is 13.2 Å². The molecule has 0 aliphatic carbocycles. The molecular formula is C24H37NO2. The fourth-order valence-corrected chi connectivity index (χ4v) is 2.15. The van der Waals surface area contributed by atoms with Gasteiger partial charge >= 0.3 is 0 Å². The van der Waals surface area contributed by atoms with Gasteiger partial charge in [-0.25, -0.2) is 0 Å².